The topological polar surface area (TPSA) is 58.0 Å². The molecule has 1 fully saturated rings. The van der Waals surface area contributed by atoms with Gasteiger partial charge in [-0.05, 0) is 38.5 Å². The molecule has 94 valence electrons. The van der Waals surface area contributed by atoms with E-state index in [0.29, 0.717) is 18.6 Å². The molecule has 0 amide bonds. The van der Waals surface area contributed by atoms with Crippen molar-refractivity contribution >= 4 is 0 Å². The first-order valence-electron chi connectivity index (χ1n) is 6.42. The van der Waals surface area contributed by atoms with Crippen LogP contribution in [0.5, 0.6) is 0 Å². The summed E-state index contributed by atoms with van der Waals surface area (Å²) in [6.07, 6.45) is 9.80. The molecule has 17 heavy (non-hydrogen) atoms. The largest absolute Gasteiger partial charge is 0.396 e. The van der Waals surface area contributed by atoms with Crippen LogP contribution in [0, 0.1) is 5.92 Å². The molecule has 1 aromatic heterocycles. The third-order valence-corrected chi connectivity index (χ3v) is 3.62. The van der Waals surface area contributed by atoms with Crippen LogP contribution in [-0.4, -0.2) is 27.7 Å². The van der Waals surface area contributed by atoms with Gasteiger partial charge < -0.3 is 10.4 Å². The molecule has 1 unspecified atom stereocenters. The van der Waals surface area contributed by atoms with Crippen molar-refractivity contribution < 1.29 is 5.11 Å². The fourth-order valence-electron chi connectivity index (χ4n) is 2.48. The lowest BCUT2D eigenvalue weighted by atomic mass is 9.86. The monoisotopic (exact) mass is 235 g/mol. The lowest BCUT2D eigenvalue weighted by Crippen LogP contribution is -2.35. The molecule has 1 aliphatic carbocycles. The van der Waals surface area contributed by atoms with E-state index < -0.39 is 0 Å². The molecule has 0 saturated heterocycles. The minimum Gasteiger partial charge on any atom is -0.396 e. The number of hydrogen-bond donors (Lipinski definition) is 2. The van der Waals surface area contributed by atoms with Crippen molar-refractivity contribution in [3.05, 3.63) is 24.3 Å². The quantitative estimate of drug-likeness (QED) is 0.833. The van der Waals surface area contributed by atoms with E-state index in [9.17, 15) is 0 Å². The third kappa shape index (κ3) is 3.48. The molecular formula is C13H21N3O. The van der Waals surface area contributed by atoms with Crippen molar-refractivity contribution in [2.45, 2.75) is 44.7 Å². The van der Waals surface area contributed by atoms with Crippen LogP contribution >= 0.6 is 0 Å². The molecule has 1 heterocycles. The van der Waals surface area contributed by atoms with Crippen LogP contribution in [0.3, 0.4) is 0 Å². The molecule has 0 spiro atoms. The minimum absolute atomic E-state index is 0.249. The van der Waals surface area contributed by atoms with E-state index in [1.807, 2.05) is 6.20 Å². The summed E-state index contributed by atoms with van der Waals surface area (Å²) in [5.41, 5.74) is 0.997. The van der Waals surface area contributed by atoms with E-state index in [4.69, 9.17) is 5.11 Å². The Balaban J connectivity index is 1.82. The molecule has 2 rings (SSSR count). The number of hydrogen-bond acceptors (Lipinski definition) is 4. The van der Waals surface area contributed by atoms with Gasteiger partial charge in [-0.1, -0.05) is 0 Å². The van der Waals surface area contributed by atoms with E-state index in [2.05, 4.69) is 22.2 Å². The Morgan fingerprint density at radius 1 is 1.35 bits per heavy atom. The Morgan fingerprint density at radius 3 is 2.71 bits per heavy atom. The summed E-state index contributed by atoms with van der Waals surface area (Å²) >= 11 is 0. The summed E-state index contributed by atoms with van der Waals surface area (Å²) in [6, 6.07) is 0.800. The molecule has 4 nitrogen and oxygen atoms in total. The number of aliphatic hydroxyl groups excluding tert-OH is 1. The zero-order valence-corrected chi connectivity index (χ0v) is 10.3. The summed E-state index contributed by atoms with van der Waals surface area (Å²) in [6.45, 7) is 2.47. The predicted octanol–water partition coefficient (Wildman–Crippen LogP) is 1.68. The molecule has 1 atom stereocenters. The zero-order valence-electron chi connectivity index (χ0n) is 10.3. The van der Waals surface area contributed by atoms with Gasteiger partial charge in [0.2, 0.25) is 0 Å². The van der Waals surface area contributed by atoms with Gasteiger partial charge in [0, 0.05) is 37.3 Å². The van der Waals surface area contributed by atoms with Gasteiger partial charge in [0.15, 0.2) is 0 Å². The van der Waals surface area contributed by atoms with E-state index in [1.165, 1.54) is 0 Å². The number of rotatable bonds is 4. The van der Waals surface area contributed by atoms with Gasteiger partial charge in [0.05, 0.1) is 5.69 Å². The lowest BCUT2D eigenvalue weighted by Gasteiger charge is -2.30. The number of aliphatic hydroxyl groups is 1. The molecule has 2 N–H and O–H groups in total. The highest BCUT2D eigenvalue weighted by atomic mass is 16.3. The second kappa shape index (κ2) is 6.07. The Bertz CT molecular complexity index is 323. The summed E-state index contributed by atoms with van der Waals surface area (Å²) in [5.74, 6) is 0.514. The predicted molar refractivity (Wildman–Crippen MR) is 66.4 cm³/mol. The summed E-state index contributed by atoms with van der Waals surface area (Å²) in [5, 5.41) is 12.7. The second-order valence-electron chi connectivity index (χ2n) is 4.92. The fourth-order valence-corrected chi connectivity index (χ4v) is 2.48. The zero-order chi connectivity index (χ0) is 12.1. The van der Waals surface area contributed by atoms with Gasteiger partial charge in [-0.2, -0.15) is 0 Å². The molecule has 1 aliphatic rings. The summed E-state index contributed by atoms with van der Waals surface area (Å²) in [4.78, 5) is 8.40. The van der Waals surface area contributed by atoms with E-state index in [-0.39, 0.29) is 6.04 Å². The maximum Gasteiger partial charge on any atom is 0.0753 e. The second-order valence-corrected chi connectivity index (χ2v) is 4.92. The van der Waals surface area contributed by atoms with Crippen molar-refractivity contribution in [3.8, 4) is 0 Å². The smallest absolute Gasteiger partial charge is 0.0753 e. The van der Waals surface area contributed by atoms with E-state index in [0.717, 1.165) is 31.4 Å². The van der Waals surface area contributed by atoms with Gasteiger partial charge in [0.25, 0.3) is 0 Å². The SMILES string of the molecule is CC(NC1CCC(CO)CC1)c1cnccn1. The van der Waals surface area contributed by atoms with Crippen LogP contribution < -0.4 is 5.32 Å². The normalized spacial score (nSPS) is 26.7. The highest BCUT2D eigenvalue weighted by Crippen LogP contribution is 2.25. The van der Waals surface area contributed by atoms with Crippen LogP contribution in [0.4, 0.5) is 0 Å². The molecule has 0 aromatic carbocycles. The summed E-state index contributed by atoms with van der Waals surface area (Å²) < 4.78 is 0. The Hall–Kier alpha value is -1.00. The molecule has 4 heteroatoms. The average Bonchev–Trinajstić information content (AvgIpc) is 2.40. The molecular weight excluding hydrogens is 214 g/mol. The van der Waals surface area contributed by atoms with Crippen LogP contribution in [0.2, 0.25) is 0 Å². The van der Waals surface area contributed by atoms with Crippen molar-refractivity contribution in [2.24, 2.45) is 5.92 Å². The van der Waals surface area contributed by atoms with Gasteiger partial charge >= 0.3 is 0 Å². The Morgan fingerprint density at radius 2 is 2.12 bits per heavy atom. The van der Waals surface area contributed by atoms with Crippen molar-refractivity contribution in [1.29, 1.82) is 0 Å². The van der Waals surface area contributed by atoms with E-state index >= 15 is 0 Å². The van der Waals surface area contributed by atoms with Crippen LogP contribution in [-0.2, 0) is 0 Å². The Kier molecular flexibility index (Phi) is 4.45. The lowest BCUT2D eigenvalue weighted by molar-refractivity contribution is 0.172. The standard InChI is InChI=1S/C13H21N3O/c1-10(13-8-14-6-7-15-13)16-12-4-2-11(9-17)3-5-12/h6-8,10-12,16-17H,2-5,9H2,1H3. The van der Waals surface area contributed by atoms with Crippen molar-refractivity contribution in [2.75, 3.05) is 6.61 Å². The van der Waals surface area contributed by atoms with Crippen LogP contribution in [0.15, 0.2) is 18.6 Å². The maximum atomic E-state index is 9.10. The van der Waals surface area contributed by atoms with Crippen molar-refractivity contribution in [1.82, 2.24) is 15.3 Å². The van der Waals surface area contributed by atoms with E-state index in [1.54, 1.807) is 12.4 Å². The van der Waals surface area contributed by atoms with Crippen molar-refractivity contribution in [3.63, 3.8) is 0 Å². The summed E-state index contributed by atoms with van der Waals surface area (Å²) in [7, 11) is 0. The molecule has 1 saturated carbocycles. The van der Waals surface area contributed by atoms with Crippen LogP contribution in [0.25, 0.3) is 0 Å². The first-order chi connectivity index (χ1) is 8.29. The number of nitrogens with zero attached hydrogens (tertiary/aromatic N) is 2. The van der Waals surface area contributed by atoms with Crippen LogP contribution in [0.1, 0.15) is 44.3 Å². The Labute approximate surface area is 102 Å². The average molecular weight is 235 g/mol. The molecule has 0 bridgehead atoms. The van der Waals surface area contributed by atoms with Gasteiger partial charge in [-0.3, -0.25) is 9.97 Å². The highest BCUT2D eigenvalue weighted by molar-refractivity contribution is 5.01. The van der Waals surface area contributed by atoms with Gasteiger partial charge in [-0.25, -0.2) is 0 Å². The first-order valence-corrected chi connectivity index (χ1v) is 6.42. The van der Waals surface area contributed by atoms with Gasteiger partial charge in [0.1, 0.15) is 0 Å². The third-order valence-electron chi connectivity index (χ3n) is 3.62. The maximum absolute atomic E-state index is 9.10. The minimum atomic E-state index is 0.249. The van der Waals surface area contributed by atoms with Gasteiger partial charge in [-0.15, -0.1) is 0 Å². The highest BCUT2D eigenvalue weighted by Gasteiger charge is 2.22. The first kappa shape index (κ1) is 12.5. The molecule has 0 aliphatic heterocycles. The molecule has 0 radical (unpaired) electrons. The number of nitrogens with one attached hydrogen (secondary N) is 1. The number of aromatic nitrogens is 2. The molecule has 1 aromatic rings. The fraction of sp³-hybridized carbons (Fsp3) is 0.692.